The minimum Gasteiger partial charge on any atom is -0.497 e. The molecule has 0 bridgehead atoms. The highest BCUT2D eigenvalue weighted by atomic mass is 16.5. The molecule has 0 spiro atoms. The normalized spacial score (nSPS) is 12.4. The number of nitrogens with zero attached hydrogens (tertiary/aromatic N) is 1. The smallest absolute Gasteiger partial charge is 0.338 e. The summed E-state index contributed by atoms with van der Waals surface area (Å²) in [5.74, 6) is -2.24. The summed E-state index contributed by atoms with van der Waals surface area (Å²) in [7, 11) is 1.48. The Labute approximate surface area is 218 Å². The van der Waals surface area contributed by atoms with E-state index in [2.05, 4.69) is 0 Å². The van der Waals surface area contributed by atoms with Crippen LogP contribution in [0, 0.1) is 5.92 Å². The number of methoxy groups -OCH3 is 1. The number of amides is 2. The molecule has 4 rings (SSSR count). The van der Waals surface area contributed by atoms with Crippen molar-refractivity contribution in [2.24, 2.45) is 5.92 Å². The molecule has 0 radical (unpaired) electrons. The quantitative estimate of drug-likeness (QED) is 0.235. The molecule has 0 fully saturated rings. The predicted molar refractivity (Wildman–Crippen MR) is 137 cm³/mol. The lowest BCUT2D eigenvalue weighted by Crippen LogP contribution is -2.29. The zero-order valence-corrected chi connectivity index (χ0v) is 21.1. The van der Waals surface area contributed by atoms with Gasteiger partial charge in [-0.3, -0.25) is 14.4 Å². The van der Waals surface area contributed by atoms with Crippen molar-refractivity contribution < 1.29 is 38.2 Å². The maximum Gasteiger partial charge on any atom is 0.338 e. The Morgan fingerprint density at radius 3 is 2.11 bits per heavy atom. The molecule has 9 nitrogen and oxygen atoms in total. The highest BCUT2D eigenvalue weighted by Gasteiger charge is 2.37. The van der Waals surface area contributed by atoms with Crippen molar-refractivity contribution in [3.63, 3.8) is 0 Å². The lowest BCUT2D eigenvalue weighted by molar-refractivity contribution is 0.0457. The van der Waals surface area contributed by atoms with E-state index in [1.165, 1.54) is 55.6 Å². The summed E-state index contributed by atoms with van der Waals surface area (Å²) in [4.78, 5) is 64.1. The van der Waals surface area contributed by atoms with Crippen LogP contribution in [0.25, 0.3) is 0 Å². The molecule has 0 N–H and O–H groups in total. The van der Waals surface area contributed by atoms with Gasteiger partial charge in [0.2, 0.25) is 0 Å². The first kappa shape index (κ1) is 26.3. The molecule has 2 amide bonds. The first-order valence-corrected chi connectivity index (χ1v) is 11.8. The van der Waals surface area contributed by atoms with Gasteiger partial charge in [-0.05, 0) is 60.5 Å². The second-order valence-electron chi connectivity index (χ2n) is 8.98. The second kappa shape index (κ2) is 11.1. The number of esters is 2. The molecule has 0 saturated heterocycles. The number of ether oxygens (including phenoxy) is 3. The van der Waals surface area contributed by atoms with Crippen molar-refractivity contribution in [2.75, 3.05) is 25.2 Å². The molecule has 0 saturated carbocycles. The molecule has 1 aliphatic rings. The zero-order valence-electron chi connectivity index (χ0n) is 21.1. The van der Waals surface area contributed by atoms with Crippen molar-refractivity contribution in [1.82, 2.24) is 0 Å². The summed E-state index contributed by atoms with van der Waals surface area (Å²) >= 11 is 0. The number of Topliss-reactive ketones (excluding diaryl/α,β-unsaturated/α-hetero) is 1. The van der Waals surface area contributed by atoms with E-state index < -0.39 is 36.1 Å². The van der Waals surface area contributed by atoms with Crippen LogP contribution in [0.3, 0.4) is 0 Å². The van der Waals surface area contributed by atoms with Crippen molar-refractivity contribution in [3.8, 4) is 5.75 Å². The highest BCUT2D eigenvalue weighted by Crippen LogP contribution is 2.29. The van der Waals surface area contributed by atoms with E-state index in [9.17, 15) is 24.0 Å². The molecule has 1 heterocycles. The van der Waals surface area contributed by atoms with Crippen LogP contribution >= 0.6 is 0 Å². The van der Waals surface area contributed by atoms with Gasteiger partial charge in [-0.25, -0.2) is 14.5 Å². The maximum absolute atomic E-state index is 13.1. The molecule has 3 aromatic rings. The van der Waals surface area contributed by atoms with E-state index >= 15 is 0 Å². The number of hydrogen-bond acceptors (Lipinski definition) is 8. The molecule has 0 aliphatic carbocycles. The summed E-state index contributed by atoms with van der Waals surface area (Å²) in [6.45, 7) is 3.62. The van der Waals surface area contributed by atoms with Crippen LogP contribution in [0.5, 0.6) is 5.75 Å². The fraction of sp³-hybridized carbons (Fsp3) is 0.207. The van der Waals surface area contributed by atoms with Crippen molar-refractivity contribution in [3.05, 3.63) is 94.5 Å². The number of hydrogen-bond donors (Lipinski definition) is 0. The topological polar surface area (TPSA) is 116 Å². The summed E-state index contributed by atoms with van der Waals surface area (Å²) in [5, 5.41) is 0. The van der Waals surface area contributed by atoms with Gasteiger partial charge in [0.15, 0.2) is 12.4 Å². The number of carbonyl (C=O) groups excluding carboxylic acids is 5. The van der Waals surface area contributed by atoms with Crippen LogP contribution in [-0.4, -0.2) is 49.9 Å². The Morgan fingerprint density at radius 1 is 0.763 bits per heavy atom. The number of fused-ring (bicyclic) bond motifs is 1. The number of anilines is 1. The SMILES string of the molecule is COc1cccc(C(=O)COC(=O)c2ccc3c(c2)C(=O)N(c2ccc(C(=O)OCC(C)C)cc2)C3=O)c1. The molecule has 9 heteroatoms. The van der Waals surface area contributed by atoms with Gasteiger partial charge in [0, 0.05) is 5.56 Å². The average molecular weight is 516 g/mol. The summed E-state index contributed by atoms with van der Waals surface area (Å²) in [6.07, 6.45) is 0. The molecule has 3 aromatic carbocycles. The van der Waals surface area contributed by atoms with E-state index in [-0.39, 0.29) is 34.9 Å². The van der Waals surface area contributed by atoms with Crippen LogP contribution in [0.1, 0.15) is 65.6 Å². The van der Waals surface area contributed by atoms with Crippen molar-refractivity contribution in [2.45, 2.75) is 13.8 Å². The Balaban J connectivity index is 1.45. The van der Waals surface area contributed by atoms with E-state index in [0.29, 0.717) is 16.9 Å². The number of benzene rings is 3. The second-order valence-corrected chi connectivity index (χ2v) is 8.98. The van der Waals surface area contributed by atoms with Gasteiger partial charge in [0.05, 0.1) is 41.7 Å². The van der Waals surface area contributed by atoms with Gasteiger partial charge in [-0.2, -0.15) is 0 Å². The van der Waals surface area contributed by atoms with Crippen molar-refractivity contribution in [1.29, 1.82) is 0 Å². The number of ketones is 1. The Morgan fingerprint density at radius 2 is 1.42 bits per heavy atom. The van der Waals surface area contributed by atoms with Gasteiger partial charge in [-0.1, -0.05) is 26.0 Å². The summed E-state index contributed by atoms with van der Waals surface area (Å²) in [5.41, 5.74) is 1.06. The van der Waals surface area contributed by atoms with E-state index in [4.69, 9.17) is 14.2 Å². The minimum absolute atomic E-state index is 0.0217. The molecule has 1 aliphatic heterocycles. The first-order valence-electron chi connectivity index (χ1n) is 11.8. The van der Waals surface area contributed by atoms with Crippen LogP contribution in [0.15, 0.2) is 66.7 Å². The standard InChI is InChI=1S/C29H25NO8/c1-17(2)15-37-28(34)18-7-10-21(11-8-18)30-26(32)23-12-9-20(14-24(23)27(30)33)29(35)38-16-25(31)19-5-4-6-22(13-19)36-3/h4-14,17H,15-16H2,1-3H3. The fourth-order valence-corrected chi connectivity index (χ4v) is 3.77. The van der Waals surface area contributed by atoms with Crippen LogP contribution in [-0.2, 0) is 9.47 Å². The van der Waals surface area contributed by atoms with Crippen LogP contribution in [0.2, 0.25) is 0 Å². The Kier molecular flexibility index (Phi) is 7.66. The molecule has 0 aromatic heterocycles. The molecule has 38 heavy (non-hydrogen) atoms. The molecule has 0 unspecified atom stereocenters. The number of rotatable bonds is 9. The summed E-state index contributed by atoms with van der Waals surface area (Å²) < 4.78 is 15.4. The molecule has 194 valence electrons. The third-order valence-corrected chi connectivity index (χ3v) is 5.76. The molecular formula is C29H25NO8. The van der Waals surface area contributed by atoms with Gasteiger partial charge in [0.1, 0.15) is 5.75 Å². The van der Waals surface area contributed by atoms with E-state index in [1.54, 1.807) is 18.2 Å². The molecule has 0 atom stereocenters. The van der Waals surface area contributed by atoms with Crippen LogP contribution < -0.4 is 9.64 Å². The largest absolute Gasteiger partial charge is 0.497 e. The molecular weight excluding hydrogens is 490 g/mol. The predicted octanol–water partition coefficient (Wildman–Crippen LogP) is 4.35. The lowest BCUT2D eigenvalue weighted by Gasteiger charge is -2.14. The Bertz CT molecular complexity index is 1420. The lowest BCUT2D eigenvalue weighted by atomic mass is 10.1. The van der Waals surface area contributed by atoms with Crippen molar-refractivity contribution >= 4 is 35.2 Å². The summed E-state index contributed by atoms with van der Waals surface area (Å²) in [6, 6.07) is 16.4. The third kappa shape index (κ3) is 5.46. The zero-order chi connectivity index (χ0) is 27.4. The third-order valence-electron chi connectivity index (χ3n) is 5.76. The average Bonchev–Trinajstić information content (AvgIpc) is 3.19. The van der Waals surface area contributed by atoms with E-state index in [1.807, 2.05) is 13.8 Å². The van der Waals surface area contributed by atoms with Crippen LogP contribution in [0.4, 0.5) is 5.69 Å². The van der Waals surface area contributed by atoms with Gasteiger partial charge >= 0.3 is 11.9 Å². The van der Waals surface area contributed by atoms with Gasteiger partial charge in [-0.15, -0.1) is 0 Å². The maximum atomic E-state index is 13.1. The Hall–Kier alpha value is -4.79. The van der Waals surface area contributed by atoms with Gasteiger partial charge in [0.25, 0.3) is 11.8 Å². The number of imide groups is 1. The minimum atomic E-state index is -0.813. The fourth-order valence-electron chi connectivity index (χ4n) is 3.77. The first-order chi connectivity index (χ1) is 18.2. The van der Waals surface area contributed by atoms with E-state index in [0.717, 1.165) is 4.90 Å². The highest BCUT2D eigenvalue weighted by molar-refractivity contribution is 6.34. The monoisotopic (exact) mass is 515 g/mol. The number of carbonyl (C=O) groups is 5. The van der Waals surface area contributed by atoms with Gasteiger partial charge < -0.3 is 14.2 Å².